The van der Waals surface area contributed by atoms with Crippen LogP contribution in [0.1, 0.15) is 46.6 Å². The van der Waals surface area contributed by atoms with Crippen molar-refractivity contribution in [1.29, 1.82) is 0 Å². The summed E-state index contributed by atoms with van der Waals surface area (Å²) in [5.74, 6) is 0.953. The second-order valence-electron chi connectivity index (χ2n) is 7.14. The van der Waals surface area contributed by atoms with Crippen LogP contribution in [0.25, 0.3) is 10.9 Å². The topological polar surface area (TPSA) is 61.2 Å². The number of fused-ring (bicyclic) bond motifs is 2. The minimum Gasteiger partial charge on any atom is -0.422 e. The van der Waals surface area contributed by atoms with Crippen molar-refractivity contribution in [2.24, 2.45) is 0 Å². The summed E-state index contributed by atoms with van der Waals surface area (Å²) in [7, 11) is 0. The molecule has 3 aromatic rings. The number of carbonyl (C=O) groups is 1. The molecule has 1 aliphatic heterocycles. The number of aryl methyl sites for hydroxylation is 3. The van der Waals surface area contributed by atoms with Gasteiger partial charge in [-0.25, -0.2) is 9.78 Å². The number of aromatic nitrogens is 2. The van der Waals surface area contributed by atoms with Gasteiger partial charge in [-0.15, -0.1) is 0 Å². The van der Waals surface area contributed by atoms with Crippen LogP contribution in [0.5, 0.6) is 5.75 Å². The normalized spacial score (nSPS) is 13.9. The Bertz CT molecular complexity index is 1080. The highest BCUT2D eigenvalue weighted by Gasteiger charge is 2.17. The SMILES string of the molecule is Cc1cccc(C)c1OC(=O)c1ccc2c(=O)n3c(nc2c1)CCCCC3. The molecule has 0 amide bonds. The summed E-state index contributed by atoms with van der Waals surface area (Å²) >= 11 is 0. The van der Waals surface area contributed by atoms with E-state index < -0.39 is 5.97 Å². The molecule has 5 heteroatoms. The molecule has 0 atom stereocenters. The van der Waals surface area contributed by atoms with Gasteiger partial charge < -0.3 is 4.74 Å². The molecule has 5 nitrogen and oxygen atoms in total. The number of hydrogen-bond donors (Lipinski definition) is 0. The fourth-order valence-corrected chi connectivity index (χ4v) is 3.66. The van der Waals surface area contributed by atoms with E-state index in [4.69, 9.17) is 4.74 Å². The van der Waals surface area contributed by atoms with Crippen LogP contribution < -0.4 is 10.3 Å². The molecule has 2 heterocycles. The first-order valence-electron chi connectivity index (χ1n) is 9.36. The predicted molar refractivity (Wildman–Crippen MR) is 104 cm³/mol. The fraction of sp³-hybridized carbons (Fsp3) is 0.318. The van der Waals surface area contributed by atoms with E-state index in [1.54, 1.807) is 22.8 Å². The molecule has 0 bridgehead atoms. The highest BCUT2D eigenvalue weighted by atomic mass is 16.5. The van der Waals surface area contributed by atoms with Crippen molar-refractivity contribution < 1.29 is 9.53 Å². The van der Waals surface area contributed by atoms with E-state index in [-0.39, 0.29) is 5.56 Å². The predicted octanol–water partition coefficient (Wildman–Crippen LogP) is 3.96. The summed E-state index contributed by atoms with van der Waals surface area (Å²) in [5.41, 5.74) is 2.75. The number of rotatable bonds is 2. The van der Waals surface area contributed by atoms with Crippen molar-refractivity contribution in [2.45, 2.75) is 46.1 Å². The Morgan fingerprint density at radius 3 is 2.63 bits per heavy atom. The highest BCUT2D eigenvalue weighted by molar-refractivity contribution is 5.95. The molecule has 0 radical (unpaired) electrons. The van der Waals surface area contributed by atoms with Crippen LogP contribution in [0.2, 0.25) is 0 Å². The van der Waals surface area contributed by atoms with Gasteiger partial charge in [0.1, 0.15) is 11.6 Å². The average Bonchev–Trinajstić information content (AvgIpc) is 2.90. The van der Waals surface area contributed by atoms with Gasteiger partial charge in [0.2, 0.25) is 0 Å². The molecule has 0 N–H and O–H groups in total. The van der Waals surface area contributed by atoms with Crippen LogP contribution in [0.4, 0.5) is 0 Å². The second-order valence-corrected chi connectivity index (χ2v) is 7.14. The molecule has 27 heavy (non-hydrogen) atoms. The Morgan fingerprint density at radius 1 is 1.07 bits per heavy atom. The molecular weight excluding hydrogens is 340 g/mol. The first-order valence-corrected chi connectivity index (χ1v) is 9.36. The average molecular weight is 362 g/mol. The van der Waals surface area contributed by atoms with Crippen molar-refractivity contribution in [3.63, 3.8) is 0 Å². The van der Waals surface area contributed by atoms with Crippen LogP contribution in [0, 0.1) is 13.8 Å². The van der Waals surface area contributed by atoms with Crippen LogP contribution in [0.3, 0.4) is 0 Å². The Labute approximate surface area is 157 Å². The van der Waals surface area contributed by atoms with Gasteiger partial charge in [-0.1, -0.05) is 24.6 Å². The summed E-state index contributed by atoms with van der Waals surface area (Å²) < 4.78 is 7.41. The molecule has 0 saturated heterocycles. The lowest BCUT2D eigenvalue weighted by Gasteiger charge is -2.12. The maximum atomic E-state index is 12.8. The first-order chi connectivity index (χ1) is 13.0. The van der Waals surface area contributed by atoms with Gasteiger partial charge in [0.15, 0.2) is 0 Å². The standard InChI is InChI=1S/C22H22N2O3/c1-14-7-6-8-15(2)20(14)27-22(26)16-10-11-17-18(13-16)23-19-9-4-3-5-12-24(19)21(17)25/h6-8,10-11,13H,3-5,9,12H2,1-2H3. The van der Waals surface area contributed by atoms with E-state index in [1.165, 1.54) is 0 Å². The molecule has 0 spiro atoms. The van der Waals surface area contributed by atoms with E-state index >= 15 is 0 Å². The quantitative estimate of drug-likeness (QED) is 0.511. The molecule has 0 aliphatic carbocycles. The third-order valence-electron chi connectivity index (χ3n) is 5.16. The summed E-state index contributed by atoms with van der Waals surface area (Å²) in [4.78, 5) is 30.1. The molecule has 0 fully saturated rings. The van der Waals surface area contributed by atoms with Gasteiger partial charge in [0, 0.05) is 13.0 Å². The molecule has 1 aliphatic rings. The van der Waals surface area contributed by atoms with Gasteiger partial charge in [0.25, 0.3) is 5.56 Å². The minimum atomic E-state index is -0.439. The van der Waals surface area contributed by atoms with Crippen molar-refractivity contribution in [3.05, 3.63) is 69.3 Å². The van der Waals surface area contributed by atoms with Crippen LogP contribution >= 0.6 is 0 Å². The molecule has 4 rings (SSSR count). The Morgan fingerprint density at radius 2 is 1.85 bits per heavy atom. The zero-order valence-corrected chi connectivity index (χ0v) is 15.6. The Kier molecular flexibility index (Phi) is 4.52. The number of para-hydroxylation sites is 1. The van der Waals surface area contributed by atoms with Crippen molar-refractivity contribution in [3.8, 4) is 5.75 Å². The lowest BCUT2D eigenvalue weighted by atomic mass is 10.1. The van der Waals surface area contributed by atoms with Gasteiger partial charge in [-0.2, -0.15) is 0 Å². The van der Waals surface area contributed by atoms with E-state index in [1.807, 2.05) is 32.0 Å². The van der Waals surface area contributed by atoms with E-state index in [9.17, 15) is 9.59 Å². The number of ether oxygens (including phenoxy) is 1. The first kappa shape index (κ1) is 17.5. The third-order valence-corrected chi connectivity index (χ3v) is 5.16. The van der Waals surface area contributed by atoms with Crippen LogP contribution in [-0.4, -0.2) is 15.5 Å². The zero-order valence-electron chi connectivity index (χ0n) is 15.6. The Hall–Kier alpha value is -2.95. The van der Waals surface area contributed by atoms with Crippen LogP contribution in [0.15, 0.2) is 41.2 Å². The van der Waals surface area contributed by atoms with Crippen molar-refractivity contribution >= 4 is 16.9 Å². The fourth-order valence-electron chi connectivity index (χ4n) is 3.66. The smallest absolute Gasteiger partial charge is 0.343 e. The van der Waals surface area contributed by atoms with E-state index in [0.717, 1.165) is 42.6 Å². The monoisotopic (exact) mass is 362 g/mol. The lowest BCUT2D eigenvalue weighted by Crippen LogP contribution is -2.24. The largest absolute Gasteiger partial charge is 0.422 e. The minimum absolute atomic E-state index is 0.0217. The maximum Gasteiger partial charge on any atom is 0.343 e. The van der Waals surface area contributed by atoms with E-state index in [2.05, 4.69) is 4.98 Å². The maximum absolute atomic E-state index is 12.8. The number of benzene rings is 2. The number of hydrogen-bond acceptors (Lipinski definition) is 4. The molecular formula is C22H22N2O3. The van der Waals surface area contributed by atoms with Gasteiger partial charge in [-0.3, -0.25) is 9.36 Å². The molecule has 138 valence electrons. The van der Waals surface area contributed by atoms with Gasteiger partial charge in [0.05, 0.1) is 16.5 Å². The van der Waals surface area contributed by atoms with Crippen molar-refractivity contribution in [1.82, 2.24) is 9.55 Å². The number of nitrogens with zero attached hydrogens (tertiary/aromatic N) is 2. The lowest BCUT2D eigenvalue weighted by molar-refractivity contribution is 0.0732. The van der Waals surface area contributed by atoms with Gasteiger partial charge in [-0.05, 0) is 56.0 Å². The number of esters is 1. The Balaban J connectivity index is 1.73. The molecule has 1 aromatic heterocycles. The number of carbonyl (C=O) groups excluding carboxylic acids is 1. The molecule has 0 saturated carbocycles. The zero-order chi connectivity index (χ0) is 19.0. The van der Waals surface area contributed by atoms with Crippen LogP contribution in [-0.2, 0) is 13.0 Å². The summed E-state index contributed by atoms with van der Waals surface area (Å²) in [6.07, 6.45) is 3.93. The summed E-state index contributed by atoms with van der Waals surface area (Å²) in [6, 6.07) is 10.7. The van der Waals surface area contributed by atoms with Crippen molar-refractivity contribution in [2.75, 3.05) is 0 Å². The molecule has 0 unspecified atom stereocenters. The van der Waals surface area contributed by atoms with Gasteiger partial charge >= 0.3 is 5.97 Å². The molecule has 2 aromatic carbocycles. The highest BCUT2D eigenvalue weighted by Crippen LogP contribution is 2.24. The van der Waals surface area contributed by atoms with E-state index in [0.29, 0.717) is 28.8 Å². The summed E-state index contributed by atoms with van der Waals surface area (Å²) in [5, 5.41) is 0.546. The summed E-state index contributed by atoms with van der Waals surface area (Å²) in [6.45, 7) is 4.54. The third kappa shape index (κ3) is 3.25. The second kappa shape index (κ2) is 6.99.